The number of rotatable bonds is 9. The van der Waals surface area contributed by atoms with E-state index in [2.05, 4.69) is 5.32 Å². The van der Waals surface area contributed by atoms with Crippen molar-refractivity contribution >= 4 is 15.9 Å². The second kappa shape index (κ2) is 9.33. The summed E-state index contributed by atoms with van der Waals surface area (Å²) in [6.45, 7) is 2.77. The van der Waals surface area contributed by atoms with E-state index in [0.29, 0.717) is 45.1 Å². The number of amides is 1. The summed E-state index contributed by atoms with van der Waals surface area (Å²) < 4.78 is 38.6. The molecule has 9 heteroatoms. The van der Waals surface area contributed by atoms with Gasteiger partial charge in [0.15, 0.2) is 0 Å². The molecule has 2 heterocycles. The van der Waals surface area contributed by atoms with Crippen molar-refractivity contribution < 1.29 is 22.7 Å². The number of nitrogens with zero attached hydrogens (tertiary/aromatic N) is 2. The van der Waals surface area contributed by atoms with Crippen LogP contribution in [0.3, 0.4) is 0 Å². The number of nitrogens with one attached hydrogen (secondary N) is 1. The summed E-state index contributed by atoms with van der Waals surface area (Å²) in [6.07, 6.45) is 4.31. The van der Waals surface area contributed by atoms with Crippen molar-refractivity contribution in [1.82, 2.24) is 14.2 Å². The molecule has 1 saturated heterocycles. The van der Waals surface area contributed by atoms with Crippen LogP contribution in [0, 0.1) is 0 Å². The Labute approximate surface area is 149 Å². The standard InChI is InChI=1S/C16H27N3O5S/c1-18-13-14(25(21,22)19-7-4-3-5-8-19)12-15(18)16(20)17-6-9-24-11-10-23-2/h12-13H,3-11H2,1-2H3,(H,17,20). The molecule has 0 saturated carbocycles. The van der Waals surface area contributed by atoms with Crippen LogP contribution in [-0.4, -0.2) is 69.8 Å². The first-order valence-electron chi connectivity index (χ1n) is 8.48. The maximum atomic E-state index is 12.7. The number of methoxy groups -OCH3 is 1. The van der Waals surface area contributed by atoms with E-state index in [9.17, 15) is 13.2 Å². The van der Waals surface area contributed by atoms with Gasteiger partial charge in [-0.1, -0.05) is 6.42 Å². The lowest BCUT2D eigenvalue weighted by molar-refractivity contribution is 0.0691. The van der Waals surface area contributed by atoms with E-state index in [0.717, 1.165) is 19.3 Å². The molecule has 1 aliphatic rings. The summed E-state index contributed by atoms with van der Waals surface area (Å²) in [4.78, 5) is 12.4. The summed E-state index contributed by atoms with van der Waals surface area (Å²) in [5, 5.41) is 2.73. The molecule has 0 spiro atoms. The summed E-state index contributed by atoms with van der Waals surface area (Å²) in [7, 11) is -0.280. The maximum Gasteiger partial charge on any atom is 0.268 e. The van der Waals surface area contributed by atoms with E-state index in [-0.39, 0.29) is 10.8 Å². The van der Waals surface area contributed by atoms with Gasteiger partial charge < -0.3 is 19.4 Å². The third kappa shape index (κ3) is 5.27. The minimum absolute atomic E-state index is 0.165. The van der Waals surface area contributed by atoms with Gasteiger partial charge >= 0.3 is 0 Å². The Kier molecular flexibility index (Phi) is 7.42. The molecule has 142 valence electrons. The quantitative estimate of drug-likeness (QED) is 0.640. The Hall–Kier alpha value is -1.42. The molecule has 0 unspecified atom stereocenters. The Balaban J connectivity index is 1.95. The first-order chi connectivity index (χ1) is 12.0. The number of aryl methyl sites for hydroxylation is 1. The van der Waals surface area contributed by atoms with Crippen molar-refractivity contribution in [3.63, 3.8) is 0 Å². The minimum Gasteiger partial charge on any atom is -0.382 e. The van der Waals surface area contributed by atoms with Crippen molar-refractivity contribution in [2.24, 2.45) is 7.05 Å². The van der Waals surface area contributed by atoms with Gasteiger partial charge in [0.05, 0.1) is 19.8 Å². The van der Waals surface area contributed by atoms with Crippen LogP contribution in [0.1, 0.15) is 29.8 Å². The zero-order chi connectivity index (χ0) is 18.3. The fourth-order valence-electron chi connectivity index (χ4n) is 2.73. The highest BCUT2D eigenvalue weighted by Gasteiger charge is 2.28. The zero-order valence-electron chi connectivity index (χ0n) is 14.9. The van der Waals surface area contributed by atoms with Gasteiger partial charge in [-0.25, -0.2) is 8.42 Å². The highest BCUT2D eigenvalue weighted by molar-refractivity contribution is 7.89. The van der Waals surface area contributed by atoms with Crippen molar-refractivity contribution in [3.05, 3.63) is 18.0 Å². The monoisotopic (exact) mass is 373 g/mol. The van der Waals surface area contributed by atoms with Gasteiger partial charge in [0.1, 0.15) is 10.6 Å². The lowest BCUT2D eigenvalue weighted by atomic mass is 10.2. The third-order valence-corrected chi connectivity index (χ3v) is 5.99. The number of hydrogen-bond donors (Lipinski definition) is 1. The van der Waals surface area contributed by atoms with Crippen LogP contribution in [0.5, 0.6) is 0 Å². The average Bonchev–Trinajstić information content (AvgIpc) is 3.01. The highest BCUT2D eigenvalue weighted by Crippen LogP contribution is 2.22. The van der Waals surface area contributed by atoms with Crippen LogP contribution in [0.15, 0.2) is 17.2 Å². The molecule has 0 aliphatic carbocycles. The van der Waals surface area contributed by atoms with Gasteiger partial charge in [0.2, 0.25) is 10.0 Å². The van der Waals surface area contributed by atoms with Crippen LogP contribution in [0.4, 0.5) is 0 Å². The topological polar surface area (TPSA) is 89.9 Å². The van der Waals surface area contributed by atoms with Gasteiger partial charge in [0, 0.05) is 40.0 Å². The van der Waals surface area contributed by atoms with Crippen LogP contribution in [0.2, 0.25) is 0 Å². The molecular formula is C16H27N3O5S. The van der Waals surface area contributed by atoms with Gasteiger partial charge in [-0.15, -0.1) is 0 Å². The number of aromatic nitrogens is 1. The predicted molar refractivity (Wildman–Crippen MR) is 93.1 cm³/mol. The molecule has 0 bridgehead atoms. The molecule has 0 aromatic carbocycles. The average molecular weight is 373 g/mol. The maximum absolute atomic E-state index is 12.7. The molecule has 1 amide bonds. The molecular weight excluding hydrogens is 346 g/mol. The molecule has 1 aromatic heterocycles. The Bertz CT molecular complexity index is 665. The molecule has 25 heavy (non-hydrogen) atoms. The van der Waals surface area contributed by atoms with Crippen molar-refractivity contribution in [2.45, 2.75) is 24.2 Å². The normalized spacial score (nSPS) is 16.1. The van der Waals surface area contributed by atoms with Gasteiger partial charge in [-0.2, -0.15) is 4.31 Å². The van der Waals surface area contributed by atoms with Crippen molar-refractivity contribution in [2.75, 3.05) is 46.6 Å². The number of carbonyl (C=O) groups is 1. The Morgan fingerprint density at radius 1 is 1.20 bits per heavy atom. The lowest BCUT2D eigenvalue weighted by Crippen LogP contribution is -2.35. The fraction of sp³-hybridized carbons (Fsp3) is 0.688. The molecule has 8 nitrogen and oxygen atoms in total. The summed E-state index contributed by atoms with van der Waals surface area (Å²) in [5.41, 5.74) is 0.312. The SMILES string of the molecule is COCCOCCNC(=O)c1cc(S(=O)(=O)N2CCCCC2)cn1C. The van der Waals surface area contributed by atoms with Crippen LogP contribution >= 0.6 is 0 Å². The summed E-state index contributed by atoms with van der Waals surface area (Å²) in [6, 6.07) is 1.44. The number of ether oxygens (including phenoxy) is 2. The van der Waals surface area contributed by atoms with Gasteiger partial charge in [0.25, 0.3) is 5.91 Å². The van der Waals surface area contributed by atoms with E-state index < -0.39 is 10.0 Å². The number of piperidine rings is 1. The summed E-state index contributed by atoms with van der Waals surface area (Å²) in [5.74, 6) is -0.321. The first kappa shape index (κ1) is 19.9. The number of sulfonamides is 1. The Morgan fingerprint density at radius 3 is 2.60 bits per heavy atom. The molecule has 1 aromatic rings. The van der Waals surface area contributed by atoms with Gasteiger partial charge in [-0.3, -0.25) is 4.79 Å². The third-order valence-electron chi connectivity index (χ3n) is 4.13. The molecule has 2 rings (SSSR count). The van der Waals surface area contributed by atoms with Crippen molar-refractivity contribution in [1.29, 1.82) is 0 Å². The van der Waals surface area contributed by atoms with Crippen molar-refractivity contribution in [3.8, 4) is 0 Å². The van der Waals surface area contributed by atoms with Gasteiger partial charge in [-0.05, 0) is 18.9 Å². The molecule has 0 atom stereocenters. The minimum atomic E-state index is -3.54. The van der Waals surface area contributed by atoms with Crippen LogP contribution < -0.4 is 5.32 Å². The molecule has 1 N–H and O–H groups in total. The van der Waals surface area contributed by atoms with E-state index >= 15 is 0 Å². The largest absolute Gasteiger partial charge is 0.382 e. The first-order valence-corrected chi connectivity index (χ1v) is 9.92. The predicted octanol–water partition coefficient (Wildman–Crippen LogP) is 0.593. The summed E-state index contributed by atoms with van der Waals surface area (Å²) >= 11 is 0. The number of hydrogen-bond acceptors (Lipinski definition) is 5. The Morgan fingerprint density at radius 2 is 1.92 bits per heavy atom. The van der Waals surface area contributed by atoms with Crippen LogP contribution in [0.25, 0.3) is 0 Å². The van der Waals surface area contributed by atoms with E-state index in [1.54, 1.807) is 14.2 Å². The van der Waals surface area contributed by atoms with E-state index in [1.165, 1.54) is 21.1 Å². The second-order valence-corrected chi connectivity index (χ2v) is 7.94. The smallest absolute Gasteiger partial charge is 0.268 e. The zero-order valence-corrected chi connectivity index (χ0v) is 15.7. The molecule has 1 aliphatic heterocycles. The van der Waals surface area contributed by atoms with Crippen LogP contribution in [-0.2, 0) is 26.5 Å². The van der Waals surface area contributed by atoms with E-state index in [4.69, 9.17) is 9.47 Å². The highest BCUT2D eigenvalue weighted by atomic mass is 32.2. The number of carbonyl (C=O) groups excluding carboxylic acids is 1. The lowest BCUT2D eigenvalue weighted by Gasteiger charge is -2.25. The fourth-order valence-corrected chi connectivity index (χ4v) is 4.32. The molecule has 1 fully saturated rings. The second-order valence-electron chi connectivity index (χ2n) is 6.00. The molecule has 0 radical (unpaired) electrons. The van der Waals surface area contributed by atoms with E-state index in [1.807, 2.05) is 0 Å².